The van der Waals surface area contributed by atoms with Crippen molar-refractivity contribution in [3.05, 3.63) is 95.3 Å². The van der Waals surface area contributed by atoms with Crippen molar-refractivity contribution in [1.82, 2.24) is 0 Å². The van der Waals surface area contributed by atoms with Gasteiger partial charge in [0.1, 0.15) is 5.82 Å². The average molecular weight is 484 g/mol. The Balaban J connectivity index is 1.67. The number of hydrogen-bond acceptors (Lipinski definition) is 5. The van der Waals surface area contributed by atoms with Gasteiger partial charge in [-0.1, -0.05) is 24.3 Å². The van der Waals surface area contributed by atoms with Crippen molar-refractivity contribution in [3.63, 3.8) is 0 Å². The maximum atomic E-state index is 13.4. The van der Waals surface area contributed by atoms with Crippen LogP contribution < -0.4 is 4.31 Å². The predicted octanol–water partition coefficient (Wildman–Crippen LogP) is 5.17. The molecular weight excluding hydrogens is 457 g/mol. The molecule has 3 aromatic rings. The zero-order valence-electron chi connectivity index (χ0n) is 19.0. The second kappa shape index (κ2) is 11.1. The van der Waals surface area contributed by atoms with Crippen LogP contribution in [0.5, 0.6) is 0 Å². The summed E-state index contributed by atoms with van der Waals surface area (Å²) in [6, 6.07) is 18.4. The Labute approximate surface area is 199 Å². The summed E-state index contributed by atoms with van der Waals surface area (Å²) < 4.78 is 46.2. The zero-order valence-corrected chi connectivity index (χ0v) is 19.8. The van der Waals surface area contributed by atoms with Crippen molar-refractivity contribution in [2.75, 3.05) is 17.5 Å². The summed E-state index contributed by atoms with van der Waals surface area (Å²) in [6.07, 6.45) is 0.422. The van der Waals surface area contributed by atoms with Crippen molar-refractivity contribution >= 4 is 27.5 Å². The molecule has 3 rings (SSSR count). The molecule has 0 fully saturated rings. The smallest absolute Gasteiger partial charge is 0.338 e. The number of aryl methyl sites for hydroxylation is 1. The van der Waals surface area contributed by atoms with E-state index in [0.29, 0.717) is 16.8 Å². The molecule has 0 saturated carbocycles. The Morgan fingerprint density at radius 3 is 2.24 bits per heavy atom. The van der Waals surface area contributed by atoms with E-state index in [1.165, 1.54) is 40.7 Å². The Morgan fingerprint density at radius 2 is 1.59 bits per heavy atom. The van der Waals surface area contributed by atoms with Crippen molar-refractivity contribution in [2.24, 2.45) is 0 Å². The number of carbonyl (C=O) groups is 2. The SMILES string of the molecule is CCN(c1ccccc1)S(=O)(=O)c1cc(C(=O)OCCCC(=O)c2ccc(F)cc2)ccc1C. The highest BCUT2D eigenvalue weighted by Gasteiger charge is 2.26. The van der Waals surface area contributed by atoms with Crippen LogP contribution in [0.3, 0.4) is 0 Å². The minimum atomic E-state index is -3.91. The van der Waals surface area contributed by atoms with E-state index < -0.39 is 21.8 Å². The lowest BCUT2D eigenvalue weighted by atomic mass is 10.1. The largest absolute Gasteiger partial charge is 0.462 e. The van der Waals surface area contributed by atoms with Crippen LogP contribution in [0.25, 0.3) is 0 Å². The Morgan fingerprint density at radius 1 is 0.941 bits per heavy atom. The third kappa shape index (κ3) is 5.88. The number of ketones is 1. The van der Waals surface area contributed by atoms with Gasteiger partial charge in [0.25, 0.3) is 10.0 Å². The van der Waals surface area contributed by atoms with Gasteiger partial charge in [-0.2, -0.15) is 0 Å². The molecule has 0 spiro atoms. The van der Waals surface area contributed by atoms with Crippen LogP contribution in [0.15, 0.2) is 77.7 Å². The first-order valence-corrected chi connectivity index (χ1v) is 12.3. The van der Waals surface area contributed by atoms with Crippen LogP contribution in [0.1, 0.15) is 46.0 Å². The Hall–Kier alpha value is -3.52. The number of hydrogen-bond donors (Lipinski definition) is 0. The second-order valence-electron chi connectivity index (χ2n) is 7.66. The molecular formula is C26H26FNO5S. The highest BCUT2D eigenvalue weighted by Crippen LogP contribution is 2.26. The molecule has 8 heteroatoms. The van der Waals surface area contributed by atoms with E-state index in [-0.39, 0.29) is 42.2 Å². The molecule has 0 amide bonds. The topological polar surface area (TPSA) is 80.8 Å². The lowest BCUT2D eigenvalue weighted by Crippen LogP contribution is -2.31. The number of rotatable bonds is 10. The molecule has 34 heavy (non-hydrogen) atoms. The first kappa shape index (κ1) is 25.1. The molecule has 6 nitrogen and oxygen atoms in total. The molecule has 0 saturated heterocycles. The first-order chi connectivity index (χ1) is 16.2. The van der Waals surface area contributed by atoms with E-state index in [0.717, 1.165) is 0 Å². The van der Waals surface area contributed by atoms with E-state index in [2.05, 4.69) is 0 Å². The fourth-order valence-corrected chi connectivity index (χ4v) is 5.20. The third-order valence-corrected chi connectivity index (χ3v) is 7.32. The third-order valence-electron chi connectivity index (χ3n) is 5.27. The molecule has 0 heterocycles. The Bertz CT molecular complexity index is 1260. The summed E-state index contributed by atoms with van der Waals surface area (Å²) >= 11 is 0. The Kier molecular flexibility index (Phi) is 8.17. The molecule has 0 N–H and O–H groups in total. The number of anilines is 1. The number of para-hydroxylation sites is 1. The summed E-state index contributed by atoms with van der Waals surface area (Å²) in [5, 5.41) is 0. The molecule has 0 unspecified atom stereocenters. The van der Waals surface area contributed by atoms with Crippen LogP contribution in [-0.2, 0) is 14.8 Å². The number of sulfonamides is 1. The van der Waals surface area contributed by atoms with Crippen LogP contribution in [0.4, 0.5) is 10.1 Å². The van der Waals surface area contributed by atoms with Crippen LogP contribution in [0, 0.1) is 12.7 Å². The molecule has 0 aliphatic carbocycles. The van der Waals surface area contributed by atoms with Gasteiger partial charge in [0.15, 0.2) is 5.78 Å². The minimum Gasteiger partial charge on any atom is -0.462 e. The lowest BCUT2D eigenvalue weighted by Gasteiger charge is -2.24. The number of halogens is 1. The van der Waals surface area contributed by atoms with Crippen molar-refractivity contribution in [1.29, 1.82) is 0 Å². The summed E-state index contributed by atoms with van der Waals surface area (Å²) in [7, 11) is -3.91. The summed E-state index contributed by atoms with van der Waals surface area (Å²) in [5.41, 5.74) is 1.54. The highest BCUT2D eigenvalue weighted by molar-refractivity contribution is 7.92. The second-order valence-corrected chi connectivity index (χ2v) is 9.49. The summed E-state index contributed by atoms with van der Waals surface area (Å²) in [6.45, 7) is 3.63. The fraction of sp³-hybridized carbons (Fsp3) is 0.231. The number of esters is 1. The molecule has 0 aliphatic heterocycles. The summed E-state index contributed by atoms with van der Waals surface area (Å²) in [5.74, 6) is -1.27. The van der Waals surface area contributed by atoms with Gasteiger partial charge in [-0.15, -0.1) is 0 Å². The highest BCUT2D eigenvalue weighted by atomic mass is 32.2. The van der Waals surface area contributed by atoms with Gasteiger partial charge in [-0.05, 0) is 74.4 Å². The van der Waals surface area contributed by atoms with Crippen molar-refractivity contribution in [3.8, 4) is 0 Å². The van der Waals surface area contributed by atoms with E-state index in [1.54, 1.807) is 50.2 Å². The van der Waals surface area contributed by atoms with Gasteiger partial charge in [0.05, 0.1) is 22.8 Å². The standard InChI is InChI=1S/C26H26FNO5S/c1-3-28(23-8-5-4-6-9-23)34(31,32)25-18-21(12-11-19(25)2)26(30)33-17-7-10-24(29)20-13-15-22(27)16-14-20/h4-6,8-9,11-16,18H,3,7,10,17H2,1-2H3. The van der Waals surface area contributed by atoms with E-state index in [1.807, 2.05) is 0 Å². The van der Waals surface area contributed by atoms with Crippen LogP contribution in [-0.4, -0.2) is 33.3 Å². The molecule has 0 atom stereocenters. The van der Waals surface area contributed by atoms with Crippen LogP contribution in [0.2, 0.25) is 0 Å². The van der Waals surface area contributed by atoms with E-state index >= 15 is 0 Å². The molecule has 0 aliphatic rings. The zero-order chi connectivity index (χ0) is 24.7. The average Bonchev–Trinajstić information content (AvgIpc) is 2.83. The lowest BCUT2D eigenvalue weighted by molar-refractivity contribution is 0.0494. The normalized spacial score (nSPS) is 11.1. The number of carbonyl (C=O) groups excluding carboxylic acids is 2. The number of Topliss-reactive ketones (excluding diaryl/α,β-unsaturated/α-hetero) is 1. The fourth-order valence-electron chi connectivity index (χ4n) is 3.47. The van der Waals surface area contributed by atoms with E-state index in [9.17, 15) is 22.4 Å². The predicted molar refractivity (Wildman–Crippen MR) is 128 cm³/mol. The van der Waals surface area contributed by atoms with Crippen molar-refractivity contribution < 1.29 is 27.1 Å². The molecule has 0 aromatic heterocycles. The monoisotopic (exact) mass is 483 g/mol. The number of ether oxygens (including phenoxy) is 1. The van der Waals surface area contributed by atoms with Gasteiger partial charge < -0.3 is 4.74 Å². The molecule has 0 radical (unpaired) electrons. The maximum Gasteiger partial charge on any atom is 0.338 e. The molecule has 178 valence electrons. The van der Waals surface area contributed by atoms with Gasteiger partial charge in [-0.3, -0.25) is 9.10 Å². The van der Waals surface area contributed by atoms with Gasteiger partial charge in [0, 0.05) is 18.5 Å². The van der Waals surface area contributed by atoms with Crippen molar-refractivity contribution in [2.45, 2.75) is 31.6 Å². The maximum absolute atomic E-state index is 13.4. The first-order valence-electron chi connectivity index (χ1n) is 10.9. The van der Waals surface area contributed by atoms with Gasteiger partial charge in [0.2, 0.25) is 0 Å². The van der Waals surface area contributed by atoms with Gasteiger partial charge >= 0.3 is 5.97 Å². The number of nitrogens with zero attached hydrogens (tertiary/aromatic N) is 1. The summed E-state index contributed by atoms with van der Waals surface area (Å²) in [4.78, 5) is 24.7. The molecule has 3 aromatic carbocycles. The minimum absolute atomic E-state index is 0.00711. The molecule has 0 bridgehead atoms. The van der Waals surface area contributed by atoms with E-state index in [4.69, 9.17) is 4.74 Å². The quantitative estimate of drug-likeness (QED) is 0.226. The number of benzene rings is 3. The van der Waals surface area contributed by atoms with Crippen LogP contribution >= 0.6 is 0 Å². The van der Waals surface area contributed by atoms with Gasteiger partial charge in [-0.25, -0.2) is 17.6 Å².